The number of hydrogen-bond acceptors (Lipinski definition) is 2. The Labute approximate surface area is 123 Å². The Hall–Kier alpha value is -1.81. The Balaban J connectivity index is 1.76. The molecule has 0 aliphatic rings. The highest BCUT2D eigenvalue weighted by Gasteiger charge is 2.04. The maximum atomic E-state index is 11.9. The molecule has 0 fully saturated rings. The third-order valence-electron chi connectivity index (χ3n) is 3.09. The van der Waals surface area contributed by atoms with Crippen molar-refractivity contribution >= 4 is 17.5 Å². The number of carbonyl (C=O) groups excluding carboxylic acids is 1. The SMILES string of the molecule is CCc1nccn1CCCNC(=O)c1ccc(Cl)cc1. The lowest BCUT2D eigenvalue weighted by Gasteiger charge is -2.08. The minimum atomic E-state index is -0.0667. The van der Waals surface area contributed by atoms with Crippen molar-refractivity contribution in [2.75, 3.05) is 6.54 Å². The number of carbonyl (C=O) groups is 1. The number of benzene rings is 1. The van der Waals surface area contributed by atoms with Crippen molar-refractivity contribution in [2.24, 2.45) is 0 Å². The van der Waals surface area contributed by atoms with Gasteiger partial charge in [0.2, 0.25) is 0 Å². The van der Waals surface area contributed by atoms with Crippen molar-refractivity contribution in [3.8, 4) is 0 Å². The molecular weight excluding hydrogens is 274 g/mol. The van der Waals surface area contributed by atoms with E-state index in [0.29, 0.717) is 17.1 Å². The van der Waals surface area contributed by atoms with Gasteiger partial charge in [0.25, 0.3) is 5.91 Å². The second-order valence-corrected chi connectivity index (χ2v) is 4.94. The molecule has 1 aromatic heterocycles. The number of rotatable bonds is 6. The van der Waals surface area contributed by atoms with Crippen LogP contribution >= 0.6 is 11.6 Å². The van der Waals surface area contributed by atoms with Gasteiger partial charge in [0.1, 0.15) is 5.82 Å². The normalized spacial score (nSPS) is 10.5. The highest BCUT2D eigenvalue weighted by Crippen LogP contribution is 2.09. The van der Waals surface area contributed by atoms with Crippen molar-refractivity contribution in [1.29, 1.82) is 0 Å². The van der Waals surface area contributed by atoms with E-state index in [1.54, 1.807) is 24.3 Å². The lowest BCUT2D eigenvalue weighted by atomic mass is 10.2. The molecule has 0 aliphatic heterocycles. The Bertz CT molecular complexity index is 563. The molecule has 2 aromatic rings. The maximum absolute atomic E-state index is 11.9. The van der Waals surface area contributed by atoms with Crippen LogP contribution in [0, 0.1) is 0 Å². The van der Waals surface area contributed by atoms with E-state index >= 15 is 0 Å². The largest absolute Gasteiger partial charge is 0.352 e. The van der Waals surface area contributed by atoms with Gasteiger partial charge in [-0.25, -0.2) is 4.98 Å². The number of amides is 1. The third-order valence-corrected chi connectivity index (χ3v) is 3.34. The van der Waals surface area contributed by atoms with E-state index in [-0.39, 0.29) is 5.91 Å². The Morgan fingerprint density at radius 3 is 2.80 bits per heavy atom. The molecule has 1 heterocycles. The minimum absolute atomic E-state index is 0.0667. The third kappa shape index (κ3) is 3.84. The van der Waals surface area contributed by atoms with Crippen LogP contribution in [-0.4, -0.2) is 22.0 Å². The molecule has 0 bridgehead atoms. The van der Waals surface area contributed by atoms with Gasteiger partial charge in [-0.1, -0.05) is 18.5 Å². The van der Waals surface area contributed by atoms with Crippen LogP contribution < -0.4 is 5.32 Å². The molecule has 0 saturated carbocycles. The summed E-state index contributed by atoms with van der Waals surface area (Å²) in [6.45, 7) is 3.59. The number of aromatic nitrogens is 2. The van der Waals surface area contributed by atoms with Crippen LogP contribution in [0.3, 0.4) is 0 Å². The monoisotopic (exact) mass is 291 g/mol. The second-order valence-electron chi connectivity index (χ2n) is 4.51. The first-order valence-corrected chi connectivity index (χ1v) is 7.12. The molecule has 2 rings (SSSR count). The van der Waals surface area contributed by atoms with Crippen LogP contribution in [-0.2, 0) is 13.0 Å². The van der Waals surface area contributed by atoms with E-state index < -0.39 is 0 Å². The summed E-state index contributed by atoms with van der Waals surface area (Å²) in [5.41, 5.74) is 0.631. The molecule has 0 aliphatic carbocycles. The maximum Gasteiger partial charge on any atom is 0.251 e. The van der Waals surface area contributed by atoms with E-state index in [4.69, 9.17) is 11.6 Å². The summed E-state index contributed by atoms with van der Waals surface area (Å²) in [6, 6.07) is 6.89. The average molecular weight is 292 g/mol. The molecule has 1 N–H and O–H groups in total. The van der Waals surface area contributed by atoms with E-state index in [2.05, 4.69) is 21.8 Å². The Morgan fingerprint density at radius 1 is 1.35 bits per heavy atom. The number of nitrogens with zero attached hydrogens (tertiary/aromatic N) is 2. The first kappa shape index (κ1) is 14.6. The predicted molar refractivity (Wildman–Crippen MR) is 80.0 cm³/mol. The average Bonchev–Trinajstić information content (AvgIpc) is 2.91. The first-order valence-electron chi connectivity index (χ1n) is 6.74. The first-order chi connectivity index (χ1) is 9.70. The lowest BCUT2D eigenvalue weighted by Crippen LogP contribution is -2.25. The van der Waals surface area contributed by atoms with Crippen LogP contribution in [0.5, 0.6) is 0 Å². The molecular formula is C15H18ClN3O. The summed E-state index contributed by atoms with van der Waals surface area (Å²) in [7, 11) is 0. The fourth-order valence-electron chi connectivity index (χ4n) is 2.01. The molecule has 1 aromatic carbocycles. The number of halogens is 1. The molecule has 5 heteroatoms. The van der Waals surface area contributed by atoms with Gasteiger partial charge in [-0.2, -0.15) is 0 Å². The van der Waals surface area contributed by atoms with Gasteiger partial charge in [-0.15, -0.1) is 0 Å². The van der Waals surface area contributed by atoms with E-state index in [9.17, 15) is 4.79 Å². The Kier molecular flexibility index (Phi) is 5.18. The summed E-state index contributed by atoms with van der Waals surface area (Å²) in [5.74, 6) is 1.01. The number of aryl methyl sites for hydroxylation is 2. The molecule has 0 saturated heterocycles. The van der Waals surface area contributed by atoms with Crippen LogP contribution in [0.4, 0.5) is 0 Å². The van der Waals surface area contributed by atoms with Crippen molar-refractivity contribution < 1.29 is 4.79 Å². The molecule has 0 spiro atoms. The summed E-state index contributed by atoms with van der Waals surface area (Å²) in [5, 5.41) is 3.54. The highest BCUT2D eigenvalue weighted by atomic mass is 35.5. The highest BCUT2D eigenvalue weighted by molar-refractivity contribution is 6.30. The fourth-order valence-corrected chi connectivity index (χ4v) is 2.14. The van der Waals surface area contributed by atoms with Crippen LogP contribution in [0.25, 0.3) is 0 Å². The number of imidazole rings is 1. The topological polar surface area (TPSA) is 46.9 Å². The fraction of sp³-hybridized carbons (Fsp3) is 0.333. The zero-order valence-electron chi connectivity index (χ0n) is 11.5. The summed E-state index contributed by atoms with van der Waals surface area (Å²) >= 11 is 5.79. The molecule has 0 radical (unpaired) electrons. The Morgan fingerprint density at radius 2 is 2.10 bits per heavy atom. The van der Waals surface area contributed by atoms with Crippen molar-refractivity contribution in [3.05, 3.63) is 53.1 Å². The van der Waals surface area contributed by atoms with Gasteiger partial charge in [-0.3, -0.25) is 4.79 Å². The van der Waals surface area contributed by atoms with Gasteiger partial charge < -0.3 is 9.88 Å². The number of hydrogen-bond donors (Lipinski definition) is 1. The van der Waals surface area contributed by atoms with Crippen LogP contribution in [0.15, 0.2) is 36.7 Å². The van der Waals surface area contributed by atoms with Crippen molar-refractivity contribution in [2.45, 2.75) is 26.3 Å². The van der Waals surface area contributed by atoms with Gasteiger partial charge in [0.05, 0.1) is 0 Å². The molecule has 0 unspecified atom stereocenters. The van der Waals surface area contributed by atoms with E-state index in [0.717, 1.165) is 25.2 Å². The minimum Gasteiger partial charge on any atom is -0.352 e. The predicted octanol–water partition coefficient (Wildman–Crippen LogP) is 2.92. The van der Waals surface area contributed by atoms with Crippen molar-refractivity contribution in [1.82, 2.24) is 14.9 Å². The molecule has 20 heavy (non-hydrogen) atoms. The number of nitrogens with one attached hydrogen (secondary N) is 1. The molecule has 1 amide bonds. The smallest absolute Gasteiger partial charge is 0.251 e. The van der Waals surface area contributed by atoms with Crippen LogP contribution in [0.1, 0.15) is 29.5 Å². The van der Waals surface area contributed by atoms with Crippen molar-refractivity contribution in [3.63, 3.8) is 0 Å². The summed E-state index contributed by atoms with van der Waals surface area (Å²) in [6.07, 6.45) is 5.58. The van der Waals surface area contributed by atoms with Gasteiger partial charge in [0.15, 0.2) is 0 Å². The second kappa shape index (κ2) is 7.10. The standard InChI is InChI=1S/C15H18ClN3O/c1-2-14-17-9-11-19(14)10-3-8-18-15(20)12-4-6-13(16)7-5-12/h4-7,9,11H,2-3,8,10H2,1H3,(H,18,20). The quantitative estimate of drug-likeness (QED) is 0.832. The molecule has 0 atom stereocenters. The zero-order chi connectivity index (χ0) is 14.4. The summed E-state index contributed by atoms with van der Waals surface area (Å²) in [4.78, 5) is 16.1. The van der Waals surface area contributed by atoms with E-state index in [1.165, 1.54) is 0 Å². The molecule has 106 valence electrons. The van der Waals surface area contributed by atoms with E-state index in [1.807, 2.05) is 12.4 Å². The summed E-state index contributed by atoms with van der Waals surface area (Å²) < 4.78 is 2.12. The lowest BCUT2D eigenvalue weighted by molar-refractivity contribution is 0.0952. The van der Waals surface area contributed by atoms with Gasteiger partial charge in [0, 0.05) is 42.5 Å². The van der Waals surface area contributed by atoms with Gasteiger partial charge >= 0.3 is 0 Å². The zero-order valence-corrected chi connectivity index (χ0v) is 12.2. The van der Waals surface area contributed by atoms with Crippen LogP contribution in [0.2, 0.25) is 5.02 Å². The van der Waals surface area contributed by atoms with Gasteiger partial charge in [-0.05, 0) is 30.7 Å². The molecule has 4 nitrogen and oxygen atoms in total.